The molecular weight excluding hydrogens is 186 g/mol. The lowest BCUT2D eigenvalue weighted by Gasteiger charge is -2.27. The van der Waals surface area contributed by atoms with Gasteiger partial charge in [-0.25, -0.2) is 0 Å². The molecule has 3 nitrogen and oxygen atoms in total. The second kappa shape index (κ2) is 7.69. The molecule has 0 aliphatic carbocycles. The van der Waals surface area contributed by atoms with Crippen molar-refractivity contribution in [3.8, 4) is 0 Å². The van der Waals surface area contributed by atoms with Gasteiger partial charge in [0.05, 0.1) is 5.84 Å². The van der Waals surface area contributed by atoms with Crippen molar-refractivity contribution in [2.45, 2.75) is 40.5 Å². The molecule has 0 bridgehead atoms. The number of amidine groups is 1. The SMILES string of the molecule is CCC(CC)CN(CC)CC(C)C(=N)N. The number of hydrogen-bond donors (Lipinski definition) is 2. The maximum Gasteiger partial charge on any atom is 0.0947 e. The van der Waals surface area contributed by atoms with Gasteiger partial charge in [-0.05, 0) is 12.5 Å². The number of hydrogen-bond acceptors (Lipinski definition) is 2. The summed E-state index contributed by atoms with van der Waals surface area (Å²) in [5.41, 5.74) is 5.49. The maximum atomic E-state index is 7.39. The molecule has 0 rings (SSSR count). The highest BCUT2D eigenvalue weighted by Gasteiger charge is 2.14. The smallest absolute Gasteiger partial charge is 0.0947 e. The highest BCUT2D eigenvalue weighted by atomic mass is 15.1. The van der Waals surface area contributed by atoms with Crippen LogP contribution in [-0.4, -0.2) is 30.4 Å². The third-order valence-corrected chi connectivity index (χ3v) is 3.18. The van der Waals surface area contributed by atoms with Crippen molar-refractivity contribution in [1.82, 2.24) is 4.90 Å². The molecule has 0 spiro atoms. The zero-order valence-corrected chi connectivity index (χ0v) is 10.7. The van der Waals surface area contributed by atoms with Crippen molar-refractivity contribution in [3.63, 3.8) is 0 Å². The molecule has 0 aromatic heterocycles. The lowest BCUT2D eigenvalue weighted by atomic mass is 10.0. The molecule has 0 aliphatic heterocycles. The van der Waals surface area contributed by atoms with Crippen LogP contribution in [-0.2, 0) is 0 Å². The van der Waals surface area contributed by atoms with Crippen molar-refractivity contribution in [2.75, 3.05) is 19.6 Å². The van der Waals surface area contributed by atoms with Crippen LogP contribution < -0.4 is 5.73 Å². The number of nitrogens with two attached hydrogens (primary N) is 1. The molecule has 3 heteroatoms. The van der Waals surface area contributed by atoms with Gasteiger partial charge in [-0.15, -0.1) is 0 Å². The van der Waals surface area contributed by atoms with E-state index in [0.717, 1.165) is 25.6 Å². The van der Waals surface area contributed by atoms with Crippen LogP contribution in [0.1, 0.15) is 40.5 Å². The first-order chi connectivity index (χ1) is 7.04. The van der Waals surface area contributed by atoms with Crippen molar-refractivity contribution >= 4 is 5.84 Å². The summed E-state index contributed by atoms with van der Waals surface area (Å²) in [4.78, 5) is 2.41. The largest absolute Gasteiger partial charge is 0.387 e. The third-order valence-electron chi connectivity index (χ3n) is 3.18. The van der Waals surface area contributed by atoms with Gasteiger partial charge >= 0.3 is 0 Å². The first-order valence-electron chi connectivity index (χ1n) is 6.11. The van der Waals surface area contributed by atoms with Gasteiger partial charge in [0, 0.05) is 19.0 Å². The van der Waals surface area contributed by atoms with E-state index in [-0.39, 0.29) is 5.92 Å². The Labute approximate surface area is 94.5 Å². The van der Waals surface area contributed by atoms with Gasteiger partial charge in [0.15, 0.2) is 0 Å². The van der Waals surface area contributed by atoms with E-state index in [1.807, 2.05) is 6.92 Å². The topological polar surface area (TPSA) is 53.1 Å². The van der Waals surface area contributed by atoms with Gasteiger partial charge in [-0.3, -0.25) is 5.41 Å². The van der Waals surface area contributed by atoms with E-state index in [0.29, 0.717) is 5.84 Å². The van der Waals surface area contributed by atoms with Crippen LogP contribution in [0, 0.1) is 17.2 Å². The summed E-state index contributed by atoms with van der Waals surface area (Å²) in [5, 5.41) is 7.39. The Bertz CT molecular complexity index is 176. The molecule has 0 aromatic carbocycles. The van der Waals surface area contributed by atoms with Crippen LogP contribution >= 0.6 is 0 Å². The normalized spacial score (nSPS) is 13.5. The molecule has 15 heavy (non-hydrogen) atoms. The Kier molecular flexibility index (Phi) is 7.39. The van der Waals surface area contributed by atoms with Crippen molar-refractivity contribution in [1.29, 1.82) is 5.41 Å². The van der Waals surface area contributed by atoms with Gasteiger partial charge in [-0.2, -0.15) is 0 Å². The predicted molar refractivity (Wildman–Crippen MR) is 67.3 cm³/mol. The first-order valence-corrected chi connectivity index (χ1v) is 6.11. The summed E-state index contributed by atoms with van der Waals surface area (Å²) < 4.78 is 0. The number of nitrogens with zero attached hydrogens (tertiary/aromatic N) is 1. The third kappa shape index (κ3) is 5.78. The van der Waals surface area contributed by atoms with Gasteiger partial charge < -0.3 is 10.6 Å². The minimum absolute atomic E-state index is 0.180. The molecule has 0 saturated heterocycles. The van der Waals surface area contributed by atoms with E-state index in [4.69, 9.17) is 11.1 Å². The summed E-state index contributed by atoms with van der Waals surface area (Å²) in [6.45, 7) is 11.8. The highest BCUT2D eigenvalue weighted by molar-refractivity contribution is 5.79. The van der Waals surface area contributed by atoms with E-state index in [1.54, 1.807) is 0 Å². The van der Waals surface area contributed by atoms with Crippen molar-refractivity contribution in [2.24, 2.45) is 17.6 Å². The van der Waals surface area contributed by atoms with Crippen molar-refractivity contribution < 1.29 is 0 Å². The van der Waals surface area contributed by atoms with Gasteiger partial charge in [0.2, 0.25) is 0 Å². The molecule has 0 aliphatic rings. The molecule has 90 valence electrons. The van der Waals surface area contributed by atoms with Gasteiger partial charge in [0.1, 0.15) is 0 Å². The average molecular weight is 213 g/mol. The van der Waals surface area contributed by atoms with Gasteiger partial charge in [-0.1, -0.05) is 40.5 Å². The number of nitrogens with one attached hydrogen (secondary N) is 1. The van der Waals surface area contributed by atoms with Crippen molar-refractivity contribution in [3.05, 3.63) is 0 Å². The van der Waals surface area contributed by atoms with Crippen LogP contribution in [0.25, 0.3) is 0 Å². The van der Waals surface area contributed by atoms with E-state index >= 15 is 0 Å². The van der Waals surface area contributed by atoms with E-state index in [1.165, 1.54) is 12.8 Å². The van der Waals surface area contributed by atoms with Crippen LogP contribution in [0.2, 0.25) is 0 Å². The molecular formula is C12H27N3. The lowest BCUT2D eigenvalue weighted by Crippen LogP contribution is -2.37. The average Bonchev–Trinajstić information content (AvgIpc) is 2.23. The van der Waals surface area contributed by atoms with E-state index < -0.39 is 0 Å². The molecule has 0 aromatic rings. The van der Waals surface area contributed by atoms with Crippen LogP contribution in [0.5, 0.6) is 0 Å². The number of rotatable bonds is 8. The Morgan fingerprint density at radius 3 is 2.07 bits per heavy atom. The Hall–Kier alpha value is -0.570. The maximum absolute atomic E-state index is 7.39. The molecule has 1 atom stereocenters. The highest BCUT2D eigenvalue weighted by Crippen LogP contribution is 2.11. The zero-order chi connectivity index (χ0) is 11.8. The first kappa shape index (κ1) is 14.4. The molecule has 0 saturated carbocycles. The summed E-state index contributed by atoms with van der Waals surface area (Å²) >= 11 is 0. The van der Waals surface area contributed by atoms with Gasteiger partial charge in [0.25, 0.3) is 0 Å². The van der Waals surface area contributed by atoms with Crippen LogP contribution in [0.4, 0.5) is 0 Å². The fourth-order valence-electron chi connectivity index (χ4n) is 1.73. The minimum Gasteiger partial charge on any atom is -0.387 e. The van der Waals surface area contributed by atoms with Crippen LogP contribution in [0.15, 0.2) is 0 Å². The molecule has 3 N–H and O–H groups in total. The molecule has 0 radical (unpaired) electrons. The Morgan fingerprint density at radius 1 is 1.20 bits per heavy atom. The fraction of sp³-hybridized carbons (Fsp3) is 0.917. The summed E-state index contributed by atoms with van der Waals surface area (Å²) in [5.74, 6) is 1.27. The molecule has 0 amide bonds. The van der Waals surface area contributed by atoms with E-state index in [2.05, 4.69) is 25.7 Å². The minimum atomic E-state index is 0.180. The van der Waals surface area contributed by atoms with Crippen LogP contribution in [0.3, 0.4) is 0 Å². The zero-order valence-electron chi connectivity index (χ0n) is 10.7. The summed E-state index contributed by atoms with van der Waals surface area (Å²) in [6, 6.07) is 0. The second-order valence-corrected chi connectivity index (χ2v) is 4.39. The Morgan fingerprint density at radius 2 is 1.73 bits per heavy atom. The fourth-order valence-corrected chi connectivity index (χ4v) is 1.73. The van der Waals surface area contributed by atoms with E-state index in [9.17, 15) is 0 Å². The molecule has 0 heterocycles. The second-order valence-electron chi connectivity index (χ2n) is 4.39. The summed E-state index contributed by atoms with van der Waals surface area (Å²) in [7, 11) is 0. The summed E-state index contributed by atoms with van der Waals surface area (Å²) in [6.07, 6.45) is 2.48. The lowest BCUT2D eigenvalue weighted by molar-refractivity contribution is 0.222. The quantitative estimate of drug-likeness (QED) is 0.480. The molecule has 1 unspecified atom stereocenters. The Balaban J connectivity index is 4.07. The monoisotopic (exact) mass is 213 g/mol. The standard InChI is InChI=1S/C12H27N3/c1-5-11(6-2)9-15(7-3)8-10(4)12(13)14/h10-11H,5-9H2,1-4H3,(H3,13,14). The predicted octanol–water partition coefficient (Wildman–Crippen LogP) is 2.32. The molecule has 0 fully saturated rings.